The molecule has 11 heavy (non-hydrogen) atoms. The molecule has 0 amide bonds. The fourth-order valence-electron chi connectivity index (χ4n) is 1.08. The van der Waals surface area contributed by atoms with Gasteiger partial charge in [-0.25, -0.2) is 0 Å². The van der Waals surface area contributed by atoms with Gasteiger partial charge in [0.2, 0.25) is 0 Å². The van der Waals surface area contributed by atoms with Crippen LogP contribution in [0.25, 0.3) is 0 Å². The Hall–Kier alpha value is -0.580. The van der Waals surface area contributed by atoms with E-state index in [4.69, 9.17) is 0 Å². The van der Waals surface area contributed by atoms with Gasteiger partial charge >= 0.3 is 6.18 Å². The molecule has 1 N–H and O–H groups in total. The van der Waals surface area contributed by atoms with Crippen molar-refractivity contribution in [2.75, 3.05) is 6.54 Å². The number of halogens is 3. The first kappa shape index (κ1) is 8.52. The zero-order chi connectivity index (χ0) is 8.48. The van der Waals surface area contributed by atoms with E-state index in [9.17, 15) is 18.0 Å². The number of alkyl halides is 3. The van der Waals surface area contributed by atoms with Crippen LogP contribution in [0.15, 0.2) is 0 Å². The van der Waals surface area contributed by atoms with Crippen molar-refractivity contribution >= 4 is 5.78 Å². The molecule has 0 aliphatic carbocycles. The molecule has 1 heterocycles. The predicted molar refractivity (Wildman–Crippen MR) is 32.1 cm³/mol. The average molecular weight is 167 g/mol. The lowest BCUT2D eigenvalue weighted by Gasteiger charge is -2.10. The number of hydrogen-bond acceptors (Lipinski definition) is 2. The van der Waals surface area contributed by atoms with Crippen LogP contribution in [0.2, 0.25) is 0 Å². The Bertz CT molecular complexity index is 166. The van der Waals surface area contributed by atoms with Crippen LogP contribution in [0.1, 0.15) is 12.8 Å². The summed E-state index contributed by atoms with van der Waals surface area (Å²) < 4.78 is 35.1. The molecule has 2 nitrogen and oxygen atoms in total. The van der Waals surface area contributed by atoms with Crippen molar-refractivity contribution in [2.24, 2.45) is 0 Å². The normalized spacial score (nSPS) is 26.1. The van der Waals surface area contributed by atoms with E-state index in [1.165, 1.54) is 0 Å². The molecule has 0 radical (unpaired) electrons. The zero-order valence-electron chi connectivity index (χ0n) is 5.74. The Labute approximate surface area is 61.8 Å². The van der Waals surface area contributed by atoms with Crippen molar-refractivity contribution in [1.29, 1.82) is 0 Å². The van der Waals surface area contributed by atoms with E-state index in [0.717, 1.165) is 0 Å². The van der Waals surface area contributed by atoms with Gasteiger partial charge in [-0.3, -0.25) is 4.79 Å². The van der Waals surface area contributed by atoms with Crippen molar-refractivity contribution in [3.05, 3.63) is 0 Å². The first-order valence-corrected chi connectivity index (χ1v) is 3.32. The van der Waals surface area contributed by atoms with Gasteiger partial charge in [-0.05, 0) is 0 Å². The van der Waals surface area contributed by atoms with Gasteiger partial charge in [0.25, 0.3) is 0 Å². The number of carbonyl (C=O) groups is 1. The lowest BCUT2D eigenvalue weighted by atomic mass is 10.1. The van der Waals surface area contributed by atoms with Gasteiger partial charge in [0, 0.05) is 13.0 Å². The van der Waals surface area contributed by atoms with Crippen molar-refractivity contribution < 1.29 is 18.0 Å². The molecular weight excluding hydrogens is 159 g/mol. The summed E-state index contributed by atoms with van der Waals surface area (Å²) in [4.78, 5) is 10.7. The van der Waals surface area contributed by atoms with Crippen molar-refractivity contribution in [1.82, 2.24) is 5.32 Å². The highest BCUT2D eigenvalue weighted by Gasteiger charge is 2.36. The number of nitrogens with one attached hydrogen (secondary N) is 1. The number of carbonyl (C=O) groups excluding carboxylic acids is 1. The second kappa shape index (κ2) is 2.81. The molecule has 5 heteroatoms. The highest BCUT2D eigenvalue weighted by atomic mass is 19.4. The first-order chi connectivity index (χ1) is 4.99. The molecule has 0 aromatic carbocycles. The van der Waals surface area contributed by atoms with Crippen LogP contribution >= 0.6 is 0 Å². The second-order valence-corrected chi connectivity index (χ2v) is 2.54. The third-order valence-electron chi connectivity index (χ3n) is 1.59. The summed E-state index contributed by atoms with van der Waals surface area (Å²) in [6, 6.07) is -0.991. The third-order valence-corrected chi connectivity index (χ3v) is 1.59. The summed E-state index contributed by atoms with van der Waals surface area (Å²) in [7, 11) is 0. The minimum Gasteiger partial charge on any atom is -0.307 e. The summed E-state index contributed by atoms with van der Waals surface area (Å²) >= 11 is 0. The fourth-order valence-corrected chi connectivity index (χ4v) is 1.08. The van der Waals surface area contributed by atoms with Gasteiger partial charge in [0.15, 0.2) is 5.78 Å². The third kappa shape index (κ3) is 2.49. The first-order valence-electron chi connectivity index (χ1n) is 3.32. The van der Waals surface area contributed by atoms with E-state index in [1.807, 2.05) is 0 Å². The van der Waals surface area contributed by atoms with Crippen LogP contribution in [0.3, 0.4) is 0 Å². The second-order valence-electron chi connectivity index (χ2n) is 2.54. The number of rotatable bonds is 1. The van der Waals surface area contributed by atoms with Gasteiger partial charge in [0.05, 0.1) is 12.5 Å². The zero-order valence-corrected chi connectivity index (χ0v) is 5.74. The lowest BCUT2D eigenvalue weighted by molar-refractivity contribution is -0.146. The lowest BCUT2D eigenvalue weighted by Crippen LogP contribution is -2.32. The van der Waals surface area contributed by atoms with Gasteiger partial charge in [-0.2, -0.15) is 13.2 Å². The number of ketones is 1. The average Bonchev–Trinajstić information content (AvgIpc) is 2.12. The van der Waals surface area contributed by atoms with Crippen LogP contribution in [0.5, 0.6) is 0 Å². The summed E-state index contributed by atoms with van der Waals surface area (Å²) in [5, 5.41) is 2.49. The largest absolute Gasteiger partial charge is 0.391 e. The fraction of sp³-hybridized carbons (Fsp3) is 0.833. The molecule has 1 atom stereocenters. The van der Waals surface area contributed by atoms with Crippen LogP contribution in [0.4, 0.5) is 13.2 Å². The van der Waals surface area contributed by atoms with Crippen LogP contribution in [-0.4, -0.2) is 24.5 Å². The highest BCUT2D eigenvalue weighted by molar-refractivity contribution is 5.86. The molecule has 64 valence electrons. The number of hydrogen-bond donors (Lipinski definition) is 1. The van der Waals surface area contributed by atoms with Gasteiger partial charge in [-0.1, -0.05) is 0 Å². The Morgan fingerprint density at radius 1 is 1.55 bits per heavy atom. The Kier molecular flexibility index (Phi) is 2.17. The molecule has 1 unspecified atom stereocenters. The maximum atomic E-state index is 11.7. The van der Waals surface area contributed by atoms with Crippen LogP contribution < -0.4 is 5.32 Å². The molecule has 1 aliphatic rings. The van der Waals surface area contributed by atoms with E-state index >= 15 is 0 Å². The minimum absolute atomic E-state index is 0.223. The summed E-state index contributed by atoms with van der Waals surface area (Å²) in [5.74, 6) is -0.331. The van der Waals surface area contributed by atoms with E-state index in [1.54, 1.807) is 0 Å². The van der Waals surface area contributed by atoms with Crippen molar-refractivity contribution in [2.45, 2.75) is 25.1 Å². The predicted octanol–water partition coefficient (Wildman–Crippen LogP) is 0.870. The van der Waals surface area contributed by atoms with E-state index < -0.39 is 18.6 Å². The molecule has 0 saturated carbocycles. The quantitative estimate of drug-likeness (QED) is 0.627. The summed E-state index contributed by atoms with van der Waals surface area (Å²) in [5.41, 5.74) is 0. The van der Waals surface area contributed by atoms with Crippen molar-refractivity contribution in [3.63, 3.8) is 0 Å². The Balaban J connectivity index is 2.43. The highest BCUT2D eigenvalue weighted by Crippen LogP contribution is 2.23. The SMILES string of the molecule is O=C1CCNC1CC(F)(F)F. The van der Waals surface area contributed by atoms with E-state index in [-0.39, 0.29) is 12.2 Å². The summed E-state index contributed by atoms with van der Waals surface area (Å²) in [6.07, 6.45) is -5.05. The minimum atomic E-state index is -4.24. The Morgan fingerprint density at radius 3 is 2.55 bits per heavy atom. The molecule has 0 spiro atoms. The molecule has 1 saturated heterocycles. The molecule has 0 aromatic heterocycles. The maximum Gasteiger partial charge on any atom is 0.391 e. The van der Waals surface area contributed by atoms with Crippen LogP contribution in [0, 0.1) is 0 Å². The molecular formula is C6H8F3NO. The molecule has 0 bridgehead atoms. The van der Waals surface area contributed by atoms with Gasteiger partial charge in [-0.15, -0.1) is 0 Å². The number of Topliss-reactive ketones (excluding diaryl/α,β-unsaturated/α-hetero) is 1. The topological polar surface area (TPSA) is 29.1 Å². The standard InChI is InChI=1S/C6H8F3NO/c7-6(8,9)3-4-5(11)1-2-10-4/h4,10H,1-3H2. The van der Waals surface area contributed by atoms with Gasteiger partial charge in [0.1, 0.15) is 0 Å². The monoisotopic (exact) mass is 167 g/mol. The summed E-state index contributed by atoms with van der Waals surface area (Å²) in [6.45, 7) is 0.375. The van der Waals surface area contributed by atoms with Crippen molar-refractivity contribution in [3.8, 4) is 0 Å². The van der Waals surface area contributed by atoms with Gasteiger partial charge < -0.3 is 5.32 Å². The van der Waals surface area contributed by atoms with E-state index in [0.29, 0.717) is 6.54 Å². The Morgan fingerprint density at radius 2 is 2.18 bits per heavy atom. The maximum absolute atomic E-state index is 11.7. The van der Waals surface area contributed by atoms with E-state index in [2.05, 4.69) is 5.32 Å². The van der Waals surface area contributed by atoms with Crippen LogP contribution in [-0.2, 0) is 4.79 Å². The smallest absolute Gasteiger partial charge is 0.307 e. The molecule has 0 aromatic rings. The molecule has 1 rings (SSSR count). The molecule has 1 aliphatic heterocycles. The molecule has 1 fully saturated rings.